The minimum absolute atomic E-state index is 0.855. The monoisotopic (exact) mass is 249 g/mol. The fourth-order valence-corrected chi connectivity index (χ4v) is 2.29. The first-order valence-electron chi connectivity index (χ1n) is 8.03. The molecule has 0 fully saturated rings. The standard InChI is InChI=1S/C17H31N/c1-2-3-4-5-6-7-8-9-10-11-12-13-14-15-16-17-18/h2-15H2,1H3. The molecule has 1 nitrogen and oxygen atoms in total. The van der Waals surface area contributed by atoms with Crippen LogP contribution < -0.4 is 5.73 Å². The molecule has 18 heavy (non-hydrogen) atoms. The molecular weight excluding hydrogens is 218 g/mol. The van der Waals surface area contributed by atoms with Gasteiger partial charge in [0.1, 0.15) is 0 Å². The Bertz CT molecular complexity index is 199. The molecule has 0 aromatic rings. The van der Waals surface area contributed by atoms with Crippen molar-refractivity contribution in [2.24, 2.45) is 0 Å². The first-order valence-corrected chi connectivity index (χ1v) is 8.03. The van der Waals surface area contributed by atoms with Gasteiger partial charge in [0.05, 0.1) is 6.04 Å². The molecule has 0 saturated carbocycles. The summed E-state index contributed by atoms with van der Waals surface area (Å²) in [5, 5.41) is 0. The highest BCUT2D eigenvalue weighted by Crippen LogP contribution is 2.12. The van der Waals surface area contributed by atoms with Crippen LogP contribution in [0.5, 0.6) is 0 Å². The number of hydrogen-bond donors (Lipinski definition) is 0. The van der Waals surface area contributed by atoms with Gasteiger partial charge in [-0.1, -0.05) is 95.6 Å². The second-order valence-electron chi connectivity index (χ2n) is 5.28. The van der Waals surface area contributed by atoms with Gasteiger partial charge >= 0.3 is 0 Å². The molecule has 0 aliphatic rings. The van der Waals surface area contributed by atoms with Crippen LogP contribution in [0.1, 0.15) is 96.8 Å². The Kier molecular flexibility index (Phi) is 15.8. The smallest absolute Gasteiger partial charge is 0.0584 e. The maximum atomic E-state index is 8.30. The van der Waals surface area contributed by atoms with Crippen LogP contribution in [0.15, 0.2) is 0 Å². The van der Waals surface area contributed by atoms with Gasteiger partial charge in [0.2, 0.25) is 0 Å². The van der Waals surface area contributed by atoms with E-state index in [2.05, 4.69) is 12.8 Å². The average Bonchev–Trinajstić information content (AvgIpc) is 2.39. The van der Waals surface area contributed by atoms with Crippen LogP contribution in [0, 0.1) is 12.0 Å². The Hall–Kier alpha value is -0.640. The van der Waals surface area contributed by atoms with Crippen LogP contribution in [0.25, 0.3) is 0 Å². The van der Waals surface area contributed by atoms with Crippen molar-refractivity contribution < 1.29 is 0 Å². The molecule has 0 aliphatic carbocycles. The average molecular weight is 249 g/mol. The molecule has 0 bridgehead atoms. The lowest BCUT2D eigenvalue weighted by Crippen LogP contribution is -1.82. The predicted octanol–water partition coefficient (Wildman–Crippen LogP) is 5.50. The summed E-state index contributed by atoms with van der Waals surface area (Å²) in [4.78, 5) is 0. The number of unbranched alkanes of at least 4 members (excludes halogenated alkanes) is 13. The van der Waals surface area contributed by atoms with Gasteiger partial charge < -0.3 is 0 Å². The summed E-state index contributed by atoms with van der Waals surface area (Å²) >= 11 is 0. The van der Waals surface area contributed by atoms with Crippen molar-refractivity contribution in [2.75, 3.05) is 0 Å². The lowest BCUT2D eigenvalue weighted by atomic mass is 10.0. The summed E-state index contributed by atoms with van der Waals surface area (Å²) < 4.78 is 0. The fraction of sp³-hybridized carbons (Fsp3) is 0.882. The normalized spacial score (nSPS) is 10.1. The summed E-state index contributed by atoms with van der Waals surface area (Å²) in [6.45, 7) is 2.27. The highest BCUT2D eigenvalue weighted by molar-refractivity contribution is 4.92. The minimum Gasteiger partial charge on any atom is -0.0878 e. The van der Waals surface area contributed by atoms with Gasteiger partial charge in [0.15, 0.2) is 0 Å². The highest BCUT2D eigenvalue weighted by Gasteiger charge is 1.93. The van der Waals surface area contributed by atoms with E-state index < -0.39 is 0 Å². The predicted molar refractivity (Wildman–Crippen MR) is 80.2 cm³/mol. The van der Waals surface area contributed by atoms with Crippen LogP contribution in [-0.2, 0) is 0 Å². The van der Waals surface area contributed by atoms with Crippen LogP contribution in [0.4, 0.5) is 0 Å². The molecule has 0 saturated heterocycles. The van der Waals surface area contributed by atoms with Crippen molar-refractivity contribution in [3.8, 4) is 12.0 Å². The third-order valence-corrected chi connectivity index (χ3v) is 3.48. The Morgan fingerprint density at radius 3 is 1.39 bits per heavy atom. The largest absolute Gasteiger partial charge is 0.0878 e. The molecule has 0 atom stereocenters. The molecule has 0 rings (SSSR count). The van der Waals surface area contributed by atoms with Gasteiger partial charge in [0.25, 0.3) is 0 Å². The van der Waals surface area contributed by atoms with E-state index in [0.29, 0.717) is 0 Å². The Labute approximate surface area is 115 Å². The fourth-order valence-electron chi connectivity index (χ4n) is 2.29. The molecule has 0 aromatic heterocycles. The van der Waals surface area contributed by atoms with E-state index >= 15 is 0 Å². The number of nitrogens with zero attached hydrogens (tertiary/aromatic N) is 1. The van der Waals surface area contributed by atoms with Crippen LogP contribution in [0.2, 0.25) is 0 Å². The van der Waals surface area contributed by atoms with E-state index in [0.717, 1.165) is 12.8 Å². The van der Waals surface area contributed by atoms with Gasteiger partial charge in [-0.15, -0.1) is 0 Å². The van der Waals surface area contributed by atoms with Crippen molar-refractivity contribution in [3.63, 3.8) is 0 Å². The van der Waals surface area contributed by atoms with E-state index in [-0.39, 0.29) is 0 Å². The second kappa shape index (κ2) is 16.4. The van der Waals surface area contributed by atoms with Gasteiger partial charge in [-0.2, -0.15) is 0 Å². The van der Waals surface area contributed by atoms with Crippen molar-refractivity contribution in [1.29, 1.82) is 0 Å². The molecule has 0 amide bonds. The first kappa shape index (κ1) is 17.4. The lowest BCUT2D eigenvalue weighted by Gasteiger charge is -2.02. The Morgan fingerprint density at radius 1 is 0.611 bits per heavy atom. The molecule has 0 N–H and O–H groups in total. The van der Waals surface area contributed by atoms with Gasteiger partial charge in [-0.25, -0.2) is 0 Å². The van der Waals surface area contributed by atoms with E-state index in [1.165, 1.54) is 77.0 Å². The summed E-state index contributed by atoms with van der Waals surface area (Å²) in [6.07, 6.45) is 18.8. The quantitative estimate of drug-likeness (QED) is 0.304. The molecule has 0 aromatic carbocycles. The zero-order valence-corrected chi connectivity index (χ0v) is 12.3. The topological polar surface area (TPSA) is 22.3 Å². The SMILES string of the molecule is CCCCCCCCCCCCCCCC#C[N]. The second-order valence-corrected chi connectivity index (χ2v) is 5.28. The molecule has 2 radical (unpaired) electrons. The third kappa shape index (κ3) is 15.4. The van der Waals surface area contributed by atoms with Crippen molar-refractivity contribution in [1.82, 2.24) is 5.73 Å². The zero-order valence-electron chi connectivity index (χ0n) is 12.3. The molecule has 1 heteroatoms. The Morgan fingerprint density at radius 2 is 1.00 bits per heavy atom. The molecule has 104 valence electrons. The van der Waals surface area contributed by atoms with Crippen LogP contribution in [0.3, 0.4) is 0 Å². The third-order valence-electron chi connectivity index (χ3n) is 3.48. The molecular formula is C17H31N. The van der Waals surface area contributed by atoms with Crippen LogP contribution in [-0.4, -0.2) is 0 Å². The van der Waals surface area contributed by atoms with E-state index in [1.54, 1.807) is 0 Å². The minimum atomic E-state index is 0.855. The maximum absolute atomic E-state index is 8.30. The maximum Gasteiger partial charge on any atom is 0.0584 e. The van der Waals surface area contributed by atoms with E-state index in [4.69, 9.17) is 5.73 Å². The van der Waals surface area contributed by atoms with E-state index in [1.807, 2.05) is 6.04 Å². The van der Waals surface area contributed by atoms with Crippen LogP contribution >= 0.6 is 0 Å². The summed E-state index contributed by atoms with van der Waals surface area (Å²) in [7, 11) is 0. The summed E-state index contributed by atoms with van der Waals surface area (Å²) in [5.74, 6) is 2.69. The molecule has 0 heterocycles. The summed E-state index contributed by atoms with van der Waals surface area (Å²) in [6, 6.07) is 1.96. The molecule has 0 spiro atoms. The number of rotatable bonds is 13. The molecule has 0 aliphatic heterocycles. The number of hydrogen-bond acceptors (Lipinski definition) is 0. The van der Waals surface area contributed by atoms with Crippen molar-refractivity contribution in [2.45, 2.75) is 96.8 Å². The zero-order chi connectivity index (χ0) is 13.3. The first-order chi connectivity index (χ1) is 8.91. The van der Waals surface area contributed by atoms with Crippen molar-refractivity contribution >= 4 is 0 Å². The molecule has 0 unspecified atom stereocenters. The Balaban J connectivity index is 2.92. The lowest BCUT2D eigenvalue weighted by molar-refractivity contribution is 0.540. The summed E-state index contributed by atoms with van der Waals surface area (Å²) in [5.41, 5.74) is 8.30. The highest BCUT2D eigenvalue weighted by atomic mass is 14.4. The van der Waals surface area contributed by atoms with Gasteiger partial charge in [-0.3, -0.25) is 0 Å². The van der Waals surface area contributed by atoms with Gasteiger partial charge in [0, 0.05) is 6.42 Å². The van der Waals surface area contributed by atoms with Gasteiger partial charge in [-0.05, 0) is 6.42 Å². The van der Waals surface area contributed by atoms with E-state index in [9.17, 15) is 0 Å². The van der Waals surface area contributed by atoms with Crippen molar-refractivity contribution in [3.05, 3.63) is 0 Å².